The van der Waals surface area contributed by atoms with E-state index in [1.54, 1.807) is 11.8 Å². The fourth-order valence-electron chi connectivity index (χ4n) is 2.22. The van der Waals surface area contributed by atoms with Gasteiger partial charge in [0.2, 0.25) is 0 Å². The maximum absolute atomic E-state index is 11.4. The first-order valence-electron chi connectivity index (χ1n) is 7.00. The average Bonchev–Trinajstić information content (AvgIpc) is 2.43. The Hall–Kier alpha value is -1.03. The van der Waals surface area contributed by atoms with Crippen LogP contribution in [0.5, 0.6) is 0 Å². The first-order valence-corrected chi connectivity index (χ1v) is 7.99. The summed E-state index contributed by atoms with van der Waals surface area (Å²) in [7, 11) is 0. The summed E-state index contributed by atoms with van der Waals surface area (Å²) >= 11 is 1.59. The SMILES string of the molecule is CCC(C)CSc1nc2c(cc1C(=O)O)CCCC2. The van der Waals surface area contributed by atoms with Crippen LogP contribution < -0.4 is 0 Å². The number of aromatic carboxylic acids is 1. The second-order valence-electron chi connectivity index (χ2n) is 5.28. The Morgan fingerprint density at radius 1 is 1.47 bits per heavy atom. The maximum atomic E-state index is 11.4. The monoisotopic (exact) mass is 279 g/mol. The molecule has 104 valence electrons. The number of rotatable bonds is 5. The molecular weight excluding hydrogens is 258 g/mol. The molecule has 0 saturated carbocycles. The van der Waals surface area contributed by atoms with E-state index >= 15 is 0 Å². The number of thioether (sulfide) groups is 1. The van der Waals surface area contributed by atoms with Crippen LogP contribution in [0.1, 0.15) is 54.7 Å². The third-order valence-corrected chi connectivity index (χ3v) is 5.02. The zero-order valence-corrected chi connectivity index (χ0v) is 12.4. The molecule has 1 heterocycles. The summed E-state index contributed by atoms with van der Waals surface area (Å²) < 4.78 is 0. The molecule has 19 heavy (non-hydrogen) atoms. The van der Waals surface area contributed by atoms with Crippen LogP contribution >= 0.6 is 11.8 Å². The number of pyridine rings is 1. The third-order valence-electron chi connectivity index (χ3n) is 3.70. The Morgan fingerprint density at radius 3 is 2.89 bits per heavy atom. The van der Waals surface area contributed by atoms with E-state index in [0.29, 0.717) is 16.5 Å². The number of carbonyl (C=O) groups is 1. The van der Waals surface area contributed by atoms with Crippen molar-refractivity contribution in [2.75, 3.05) is 5.75 Å². The largest absolute Gasteiger partial charge is 0.478 e. The van der Waals surface area contributed by atoms with Crippen LogP contribution in [-0.2, 0) is 12.8 Å². The van der Waals surface area contributed by atoms with E-state index < -0.39 is 5.97 Å². The second kappa shape index (κ2) is 6.42. The highest BCUT2D eigenvalue weighted by Crippen LogP contribution is 2.29. The van der Waals surface area contributed by atoms with Crippen LogP contribution in [0.3, 0.4) is 0 Å². The molecule has 0 saturated heterocycles. The molecule has 1 unspecified atom stereocenters. The van der Waals surface area contributed by atoms with Crippen LogP contribution in [-0.4, -0.2) is 21.8 Å². The molecule has 4 heteroatoms. The van der Waals surface area contributed by atoms with Gasteiger partial charge in [-0.3, -0.25) is 0 Å². The van der Waals surface area contributed by atoms with Crippen molar-refractivity contribution in [1.82, 2.24) is 4.98 Å². The highest BCUT2D eigenvalue weighted by Gasteiger charge is 2.19. The van der Waals surface area contributed by atoms with Gasteiger partial charge in [0, 0.05) is 11.4 Å². The minimum atomic E-state index is -0.854. The van der Waals surface area contributed by atoms with Crippen LogP contribution in [0.4, 0.5) is 0 Å². The molecule has 1 aromatic rings. The van der Waals surface area contributed by atoms with E-state index in [1.807, 2.05) is 6.07 Å². The Kier molecular flexibility index (Phi) is 4.86. The zero-order chi connectivity index (χ0) is 13.8. The minimum Gasteiger partial charge on any atom is -0.478 e. The molecule has 1 atom stereocenters. The Bertz CT molecular complexity index is 473. The molecule has 0 aliphatic heterocycles. The molecule has 0 spiro atoms. The van der Waals surface area contributed by atoms with Gasteiger partial charge in [0.25, 0.3) is 0 Å². The van der Waals surface area contributed by atoms with E-state index in [1.165, 1.54) is 6.42 Å². The van der Waals surface area contributed by atoms with Gasteiger partial charge in [-0.2, -0.15) is 0 Å². The van der Waals surface area contributed by atoms with Crippen LogP contribution in [0.2, 0.25) is 0 Å². The molecule has 0 amide bonds. The van der Waals surface area contributed by atoms with Crippen LogP contribution in [0, 0.1) is 5.92 Å². The molecule has 3 nitrogen and oxygen atoms in total. The summed E-state index contributed by atoms with van der Waals surface area (Å²) in [6, 6.07) is 1.85. The lowest BCUT2D eigenvalue weighted by molar-refractivity contribution is 0.0692. The molecule has 0 fully saturated rings. The van der Waals surface area contributed by atoms with Crippen LogP contribution in [0.15, 0.2) is 11.1 Å². The van der Waals surface area contributed by atoms with Gasteiger partial charge in [0.05, 0.1) is 5.56 Å². The van der Waals surface area contributed by atoms with Gasteiger partial charge in [0.1, 0.15) is 5.03 Å². The first-order chi connectivity index (χ1) is 9.11. The number of aryl methyl sites for hydroxylation is 2. The zero-order valence-electron chi connectivity index (χ0n) is 11.6. The van der Waals surface area contributed by atoms with E-state index in [4.69, 9.17) is 0 Å². The Labute approximate surface area is 118 Å². The molecule has 1 aliphatic carbocycles. The molecule has 2 rings (SSSR count). The van der Waals surface area contributed by atoms with Gasteiger partial charge in [-0.15, -0.1) is 11.8 Å². The smallest absolute Gasteiger partial charge is 0.338 e. The number of fused-ring (bicyclic) bond motifs is 1. The van der Waals surface area contributed by atoms with Crippen molar-refractivity contribution in [3.8, 4) is 0 Å². The molecule has 0 aromatic carbocycles. The summed E-state index contributed by atoms with van der Waals surface area (Å²) in [6.45, 7) is 4.34. The molecular formula is C15H21NO2S. The number of carboxylic acids is 1. The van der Waals surface area contributed by atoms with Crippen molar-refractivity contribution in [2.45, 2.75) is 51.0 Å². The molecule has 1 aliphatic rings. The fourth-order valence-corrected chi connectivity index (χ4v) is 3.37. The normalized spacial score (nSPS) is 15.9. The molecule has 0 bridgehead atoms. The minimum absolute atomic E-state index is 0.383. The lowest BCUT2D eigenvalue weighted by atomic mass is 9.95. The molecule has 1 N–H and O–H groups in total. The van der Waals surface area contributed by atoms with E-state index in [-0.39, 0.29) is 0 Å². The lowest BCUT2D eigenvalue weighted by Gasteiger charge is -2.17. The Balaban J connectivity index is 2.26. The number of aromatic nitrogens is 1. The number of nitrogens with zero attached hydrogens (tertiary/aromatic N) is 1. The molecule has 0 radical (unpaired) electrons. The van der Waals surface area contributed by atoms with Crippen molar-refractivity contribution in [2.24, 2.45) is 5.92 Å². The predicted molar refractivity (Wildman–Crippen MR) is 78.0 cm³/mol. The summed E-state index contributed by atoms with van der Waals surface area (Å²) in [6.07, 6.45) is 5.39. The van der Waals surface area contributed by atoms with Crippen molar-refractivity contribution in [3.05, 3.63) is 22.9 Å². The van der Waals surface area contributed by atoms with Gasteiger partial charge < -0.3 is 5.11 Å². The summed E-state index contributed by atoms with van der Waals surface area (Å²) in [5, 5.41) is 10.0. The average molecular weight is 279 g/mol. The number of hydrogen-bond acceptors (Lipinski definition) is 3. The topological polar surface area (TPSA) is 50.2 Å². The lowest BCUT2D eigenvalue weighted by Crippen LogP contribution is -2.11. The third kappa shape index (κ3) is 3.50. The highest BCUT2D eigenvalue weighted by molar-refractivity contribution is 7.99. The van der Waals surface area contributed by atoms with Gasteiger partial charge in [-0.05, 0) is 43.2 Å². The van der Waals surface area contributed by atoms with Gasteiger partial charge in [-0.1, -0.05) is 20.3 Å². The summed E-state index contributed by atoms with van der Waals surface area (Å²) in [4.78, 5) is 16.0. The quantitative estimate of drug-likeness (QED) is 0.833. The van der Waals surface area contributed by atoms with E-state index in [2.05, 4.69) is 18.8 Å². The Morgan fingerprint density at radius 2 is 2.21 bits per heavy atom. The molecule has 1 aromatic heterocycles. The van der Waals surface area contributed by atoms with E-state index in [0.717, 1.165) is 42.7 Å². The summed E-state index contributed by atoms with van der Waals surface area (Å²) in [5.41, 5.74) is 2.63. The highest BCUT2D eigenvalue weighted by atomic mass is 32.2. The van der Waals surface area contributed by atoms with Crippen molar-refractivity contribution < 1.29 is 9.90 Å². The van der Waals surface area contributed by atoms with Gasteiger partial charge >= 0.3 is 5.97 Å². The number of hydrogen-bond donors (Lipinski definition) is 1. The van der Waals surface area contributed by atoms with Crippen molar-refractivity contribution in [1.29, 1.82) is 0 Å². The van der Waals surface area contributed by atoms with E-state index in [9.17, 15) is 9.90 Å². The van der Waals surface area contributed by atoms with Gasteiger partial charge in [-0.25, -0.2) is 9.78 Å². The van der Waals surface area contributed by atoms with Crippen molar-refractivity contribution >= 4 is 17.7 Å². The van der Waals surface area contributed by atoms with Gasteiger partial charge in [0.15, 0.2) is 0 Å². The second-order valence-corrected chi connectivity index (χ2v) is 6.29. The van der Waals surface area contributed by atoms with Crippen LogP contribution in [0.25, 0.3) is 0 Å². The standard InChI is InChI=1S/C15H21NO2S/c1-3-10(2)9-19-14-12(15(17)18)8-11-6-4-5-7-13(11)16-14/h8,10H,3-7,9H2,1-2H3,(H,17,18). The summed E-state index contributed by atoms with van der Waals surface area (Å²) in [5.74, 6) is 0.666. The maximum Gasteiger partial charge on any atom is 0.338 e. The predicted octanol–water partition coefficient (Wildman–Crippen LogP) is 3.80. The fraction of sp³-hybridized carbons (Fsp3) is 0.600. The van der Waals surface area contributed by atoms with Crippen molar-refractivity contribution in [3.63, 3.8) is 0 Å². The number of carboxylic acid groups (broad SMARTS) is 1. The first kappa shape index (κ1) is 14.4.